The van der Waals surface area contributed by atoms with Crippen LogP contribution in [0.2, 0.25) is 0 Å². The Morgan fingerprint density at radius 3 is 0.840 bits per heavy atom. The SMILES string of the molecule is c1cc(-c2nc3ccccc3o2)cc(-c2cc(-c3ccc4ccccc4c3)nc3ccc(-c4ccc5ccccc5c4)cc23)c1.c1ccc(-c2cc(-c3ccc(-c4cc(-c5ccc6ccccc6c5)nc5ccc(-c6ccc7ccccc7c6)cc45)cc3)nc(-c3ccccc3)n2)cc1.c1ccc2cc(-c3ccc4nc(-c5ccc6ccccc6c5)cc(-c5ccc(-c6nc7ccccc7o6)nc5)c4c3)ccc2c1. The summed E-state index contributed by atoms with van der Waals surface area (Å²) in [5.74, 6) is 1.83. The molecule has 0 aliphatic carbocycles. The second-order valence-electron chi connectivity index (χ2n) is 36.5. The molecule has 0 saturated carbocycles. The molecule has 0 spiro atoms. The van der Waals surface area contributed by atoms with E-state index in [2.05, 4.69) is 417 Å². The van der Waals surface area contributed by atoms with Crippen molar-refractivity contribution >= 4 is 120 Å². The molecule has 7 aromatic heterocycles. The summed E-state index contributed by atoms with van der Waals surface area (Å²) in [4.78, 5) is 39.9. The van der Waals surface area contributed by atoms with E-state index in [0.717, 1.165) is 172 Å². The van der Waals surface area contributed by atoms with Crippen LogP contribution in [0.15, 0.2) is 519 Å². The number of fused-ring (bicyclic) bond motifs is 11. The van der Waals surface area contributed by atoms with Gasteiger partial charge in [-0.3, -0.25) is 4.98 Å². The van der Waals surface area contributed by atoms with Crippen LogP contribution >= 0.6 is 0 Å². The lowest BCUT2D eigenvalue weighted by Gasteiger charge is -2.14. The van der Waals surface area contributed by atoms with Crippen molar-refractivity contribution < 1.29 is 8.83 Å². The zero-order valence-corrected chi connectivity index (χ0v) is 77.9. The topological polar surface area (TPSA) is 129 Å². The number of rotatable bonds is 14. The number of hydrogen-bond acceptors (Lipinski definition) is 10. The van der Waals surface area contributed by atoms with Gasteiger partial charge in [-0.05, 0) is 265 Å². The molecule has 0 unspecified atom stereocenters. The Balaban J connectivity index is 0.000000111. The van der Waals surface area contributed by atoms with Crippen molar-refractivity contribution in [3.05, 3.63) is 510 Å². The van der Waals surface area contributed by atoms with Crippen LogP contribution in [0.25, 0.3) is 277 Å². The Labute approximate surface area is 829 Å². The molecule has 0 saturated heterocycles. The quantitative estimate of drug-likeness (QED) is 0.104. The second-order valence-corrected chi connectivity index (χ2v) is 36.5. The summed E-state index contributed by atoms with van der Waals surface area (Å²) < 4.78 is 12.1. The molecule has 10 nitrogen and oxygen atoms in total. The maximum atomic E-state index is 6.16. The summed E-state index contributed by atoms with van der Waals surface area (Å²) in [5.41, 5.74) is 32.1. The molecule has 0 radical (unpaired) electrons. The third kappa shape index (κ3) is 16.9. The predicted molar refractivity (Wildman–Crippen MR) is 595 cm³/mol. The lowest BCUT2D eigenvalue weighted by Crippen LogP contribution is -1.96. The molecule has 7 heterocycles. The third-order valence-electron chi connectivity index (χ3n) is 27.4. The van der Waals surface area contributed by atoms with Crippen LogP contribution in [0.5, 0.6) is 0 Å². The minimum absolute atomic E-state index is 0.512. The molecule has 0 N–H and O–H groups in total. The van der Waals surface area contributed by atoms with Crippen LogP contribution < -0.4 is 0 Å². The fourth-order valence-corrected chi connectivity index (χ4v) is 19.9. The standard InChI is InChI=1S/C51H33N3.C42H26N2O.C41H25N3O/c1-3-13-37(14-4-1)49-33-50(54-51(53-49)39-15-5-2-6-16-39)38-23-21-36(22-24-38)45-32-48(44-26-20-35-12-8-10-18-41(35)30-44)52-47-28-27-43(31-46(45)47)42-25-19-34-11-7-9-17-40(34)29-42;1-3-10-29-22-31(18-16-27(29)8-1)32-20-21-38-37(25-32)36(26-40(43-38)34-19-17-28-9-2-4-11-30(28)23-34)33-12-7-13-35(24-33)42-44-39-14-5-6-15-41(39)45-42;1-3-9-28-21-30(15-13-26(28)7-1)31-17-19-36-35(23-31)34(24-39(43-36)32-16-14-27-8-2-4-10-29(27)22-32)33-18-20-38(42-25-33)41-44-37-11-5-6-12-40(37)45-41/h1-33H;1-26H;1-25H. The Bertz CT molecular complexity index is 9740. The summed E-state index contributed by atoms with van der Waals surface area (Å²) in [7, 11) is 0. The number of oxazole rings is 2. The summed E-state index contributed by atoms with van der Waals surface area (Å²) in [6.07, 6.45) is 1.91. The molecule has 28 rings (SSSR count). The Morgan fingerprint density at radius 2 is 0.431 bits per heavy atom. The molecule has 0 fully saturated rings. The van der Waals surface area contributed by atoms with E-state index in [0.29, 0.717) is 23.3 Å². The maximum Gasteiger partial charge on any atom is 0.246 e. The normalized spacial score (nSPS) is 11.5. The molecular weight excluding hydrogens is 1750 g/mol. The van der Waals surface area contributed by atoms with Crippen molar-refractivity contribution in [1.29, 1.82) is 0 Å². The van der Waals surface area contributed by atoms with Gasteiger partial charge in [-0.2, -0.15) is 0 Å². The summed E-state index contributed by atoms with van der Waals surface area (Å²) in [6, 6.07) is 177. The van der Waals surface area contributed by atoms with Crippen molar-refractivity contribution in [2.45, 2.75) is 0 Å². The van der Waals surface area contributed by atoms with Gasteiger partial charge in [0.15, 0.2) is 17.0 Å². The molecule has 28 aromatic rings. The first-order valence-electron chi connectivity index (χ1n) is 48.4. The molecule has 21 aromatic carbocycles. The largest absolute Gasteiger partial charge is 0.436 e. The number of hydrogen-bond donors (Lipinski definition) is 0. The third-order valence-corrected chi connectivity index (χ3v) is 27.4. The van der Waals surface area contributed by atoms with E-state index in [1.165, 1.54) is 81.3 Å². The van der Waals surface area contributed by atoms with Crippen LogP contribution in [0.3, 0.4) is 0 Å². The van der Waals surface area contributed by atoms with Crippen molar-refractivity contribution in [2.24, 2.45) is 0 Å². The van der Waals surface area contributed by atoms with Gasteiger partial charge in [0, 0.05) is 66.9 Å². The monoisotopic (exact) mass is 1840 g/mol. The van der Waals surface area contributed by atoms with Crippen LogP contribution in [-0.4, -0.2) is 39.9 Å². The lowest BCUT2D eigenvalue weighted by atomic mass is 9.93. The van der Waals surface area contributed by atoms with E-state index < -0.39 is 0 Å². The van der Waals surface area contributed by atoms with Crippen LogP contribution in [0, 0.1) is 0 Å². The highest BCUT2D eigenvalue weighted by atomic mass is 16.4. The number of nitrogens with zero attached hydrogens (tertiary/aromatic N) is 8. The van der Waals surface area contributed by atoms with E-state index in [9.17, 15) is 0 Å². The zero-order chi connectivity index (χ0) is 95.3. The molecule has 10 heteroatoms. The fraction of sp³-hybridized carbons (Fsp3) is 0. The van der Waals surface area contributed by atoms with Gasteiger partial charge in [-0.1, -0.05) is 364 Å². The van der Waals surface area contributed by atoms with Gasteiger partial charge < -0.3 is 8.83 Å². The lowest BCUT2D eigenvalue weighted by molar-refractivity contribution is 0.617. The molecule has 0 atom stereocenters. The van der Waals surface area contributed by atoms with Crippen molar-refractivity contribution in [3.8, 4) is 157 Å². The summed E-state index contributed by atoms with van der Waals surface area (Å²) in [6.45, 7) is 0. The highest BCUT2D eigenvalue weighted by Crippen LogP contribution is 2.44. The molecular formula is C134H84N8O2. The van der Waals surface area contributed by atoms with Gasteiger partial charge in [0.05, 0.1) is 45.0 Å². The van der Waals surface area contributed by atoms with E-state index in [1.807, 2.05) is 97.2 Å². The molecule has 672 valence electrons. The van der Waals surface area contributed by atoms with E-state index in [-0.39, 0.29) is 0 Å². The van der Waals surface area contributed by atoms with Crippen LogP contribution in [0.4, 0.5) is 0 Å². The highest BCUT2D eigenvalue weighted by Gasteiger charge is 2.22. The number of aromatic nitrogens is 8. The number of benzene rings is 21. The Kier molecular flexibility index (Phi) is 21.7. The van der Waals surface area contributed by atoms with Gasteiger partial charge in [0.1, 0.15) is 16.7 Å². The van der Waals surface area contributed by atoms with E-state index in [1.54, 1.807) is 0 Å². The zero-order valence-electron chi connectivity index (χ0n) is 77.9. The Morgan fingerprint density at radius 1 is 0.139 bits per heavy atom. The average Bonchev–Trinajstić information content (AvgIpc) is 1.28. The second kappa shape index (κ2) is 36.8. The maximum absolute atomic E-state index is 6.16. The molecule has 0 bridgehead atoms. The van der Waals surface area contributed by atoms with Crippen LogP contribution in [-0.2, 0) is 0 Å². The average molecular weight is 1840 g/mol. The van der Waals surface area contributed by atoms with Gasteiger partial charge in [0.25, 0.3) is 0 Å². The van der Waals surface area contributed by atoms with Crippen molar-refractivity contribution in [2.75, 3.05) is 0 Å². The molecule has 0 amide bonds. The Hall–Kier alpha value is -19.4. The highest BCUT2D eigenvalue weighted by molar-refractivity contribution is 6.06. The van der Waals surface area contributed by atoms with Crippen molar-refractivity contribution in [1.82, 2.24) is 39.9 Å². The van der Waals surface area contributed by atoms with Crippen LogP contribution in [0.1, 0.15) is 0 Å². The van der Waals surface area contributed by atoms with Crippen molar-refractivity contribution in [3.63, 3.8) is 0 Å². The predicted octanol–water partition coefficient (Wildman–Crippen LogP) is 35.4. The van der Waals surface area contributed by atoms with Gasteiger partial charge in [0.2, 0.25) is 11.8 Å². The van der Waals surface area contributed by atoms with E-state index >= 15 is 0 Å². The van der Waals surface area contributed by atoms with Gasteiger partial charge in [-0.25, -0.2) is 34.9 Å². The van der Waals surface area contributed by atoms with Gasteiger partial charge in [-0.15, -0.1) is 0 Å². The molecule has 0 aliphatic rings. The first-order chi connectivity index (χ1) is 71.2. The minimum atomic E-state index is 0.512. The smallest absolute Gasteiger partial charge is 0.246 e. The molecule has 144 heavy (non-hydrogen) atoms. The number of pyridine rings is 4. The fourth-order valence-electron chi connectivity index (χ4n) is 19.9. The van der Waals surface area contributed by atoms with Gasteiger partial charge >= 0.3 is 0 Å². The molecule has 0 aliphatic heterocycles. The minimum Gasteiger partial charge on any atom is -0.436 e. The number of para-hydroxylation sites is 4. The first kappa shape index (κ1) is 85.0. The summed E-state index contributed by atoms with van der Waals surface area (Å²) >= 11 is 0. The van der Waals surface area contributed by atoms with E-state index in [4.69, 9.17) is 43.7 Å². The summed E-state index contributed by atoms with van der Waals surface area (Å²) in [5, 5.41) is 17.9. The first-order valence-corrected chi connectivity index (χ1v) is 48.4.